The van der Waals surface area contributed by atoms with Gasteiger partial charge < -0.3 is 10.6 Å². The van der Waals surface area contributed by atoms with E-state index in [0.717, 1.165) is 36.9 Å². The molecule has 0 radical (unpaired) electrons. The Kier molecular flexibility index (Phi) is 6.41. The number of para-hydroxylation sites is 1. The van der Waals surface area contributed by atoms with Crippen LogP contribution < -0.4 is 10.6 Å². The Bertz CT molecular complexity index is 573. The molecular formula is C20H30N2O2. The van der Waals surface area contributed by atoms with E-state index >= 15 is 0 Å². The van der Waals surface area contributed by atoms with E-state index in [-0.39, 0.29) is 29.7 Å². The molecule has 1 saturated carbocycles. The van der Waals surface area contributed by atoms with Gasteiger partial charge >= 0.3 is 0 Å². The van der Waals surface area contributed by atoms with Crippen molar-refractivity contribution in [1.29, 1.82) is 0 Å². The first-order valence-electron chi connectivity index (χ1n) is 9.08. The van der Waals surface area contributed by atoms with Crippen molar-refractivity contribution in [3.63, 3.8) is 0 Å². The number of carbonyl (C=O) groups is 2. The first-order valence-corrected chi connectivity index (χ1v) is 9.08. The van der Waals surface area contributed by atoms with E-state index in [0.29, 0.717) is 5.92 Å². The maximum Gasteiger partial charge on any atom is 0.227 e. The molecule has 0 heterocycles. The molecule has 1 aliphatic rings. The van der Waals surface area contributed by atoms with Crippen molar-refractivity contribution in [2.75, 3.05) is 5.32 Å². The molecule has 2 amide bonds. The SMILES string of the molecule is CC(C)NC(=O)C1CCC(C(=O)Nc2ccccc2C(C)C)CC1. The van der Waals surface area contributed by atoms with Gasteiger partial charge in [-0.3, -0.25) is 9.59 Å². The van der Waals surface area contributed by atoms with Crippen molar-refractivity contribution in [2.24, 2.45) is 11.8 Å². The van der Waals surface area contributed by atoms with Crippen LogP contribution in [0.4, 0.5) is 5.69 Å². The molecule has 0 unspecified atom stereocenters. The molecule has 1 fully saturated rings. The van der Waals surface area contributed by atoms with Gasteiger partial charge in [0.15, 0.2) is 0 Å². The van der Waals surface area contributed by atoms with Crippen LogP contribution >= 0.6 is 0 Å². The summed E-state index contributed by atoms with van der Waals surface area (Å²) in [5, 5.41) is 6.08. The zero-order valence-electron chi connectivity index (χ0n) is 15.3. The van der Waals surface area contributed by atoms with Crippen LogP contribution in [-0.2, 0) is 9.59 Å². The fourth-order valence-electron chi connectivity index (χ4n) is 3.37. The number of rotatable bonds is 5. The maximum atomic E-state index is 12.6. The summed E-state index contributed by atoms with van der Waals surface area (Å²) in [7, 11) is 0. The zero-order chi connectivity index (χ0) is 17.7. The highest BCUT2D eigenvalue weighted by Gasteiger charge is 2.30. The molecule has 0 aliphatic heterocycles. The number of nitrogens with one attached hydrogen (secondary N) is 2. The fraction of sp³-hybridized carbons (Fsp3) is 0.600. The average Bonchev–Trinajstić information content (AvgIpc) is 2.54. The van der Waals surface area contributed by atoms with E-state index in [2.05, 4.69) is 30.5 Å². The zero-order valence-corrected chi connectivity index (χ0v) is 15.3. The molecule has 24 heavy (non-hydrogen) atoms. The first-order chi connectivity index (χ1) is 11.4. The average molecular weight is 330 g/mol. The Hall–Kier alpha value is -1.84. The van der Waals surface area contributed by atoms with Gasteiger partial charge in [0.2, 0.25) is 11.8 Å². The van der Waals surface area contributed by atoms with Crippen molar-refractivity contribution in [1.82, 2.24) is 5.32 Å². The number of benzene rings is 1. The van der Waals surface area contributed by atoms with Gasteiger partial charge in [0.25, 0.3) is 0 Å². The predicted octanol–water partition coefficient (Wildman–Crippen LogP) is 4.08. The quantitative estimate of drug-likeness (QED) is 0.854. The van der Waals surface area contributed by atoms with E-state index in [4.69, 9.17) is 0 Å². The van der Waals surface area contributed by atoms with Crippen LogP contribution in [0.25, 0.3) is 0 Å². The Balaban J connectivity index is 1.91. The van der Waals surface area contributed by atoms with Crippen LogP contribution in [0.15, 0.2) is 24.3 Å². The van der Waals surface area contributed by atoms with Gasteiger partial charge in [0.1, 0.15) is 0 Å². The lowest BCUT2D eigenvalue weighted by Gasteiger charge is -2.28. The fourth-order valence-corrected chi connectivity index (χ4v) is 3.37. The van der Waals surface area contributed by atoms with Crippen LogP contribution in [0.5, 0.6) is 0 Å². The third-order valence-corrected chi connectivity index (χ3v) is 4.74. The van der Waals surface area contributed by atoms with Crippen LogP contribution in [-0.4, -0.2) is 17.9 Å². The molecule has 2 N–H and O–H groups in total. The summed E-state index contributed by atoms with van der Waals surface area (Å²) in [6.07, 6.45) is 3.16. The number of carbonyl (C=O) groups excluding carboxylic acids is 2. The lowest BCUT2D eigenvalue weighted by molar-refractivity contribution is -0.128. The normalized spacial score (nSPS) is 20.9. The van der Waals surface area contributed by atoms with Gasteiger partial charge in [-0.05, 0) is 57.1 Å². The standard InChI is InChI=1S/C20H30N2O2/c1-13(2)17-7-5-6-8-18(17)22-20(24)16-11-9-15(10-12-16)19(23)21-14(3)4/h5-8,13-16H,9-12H2,1-4H3,(H,21,23)(H,22,24). The molecule has 132 valence electrons. The molecule has 0 aromatic heterocycles. The minimum atomic E-state index is 0.00770. The molecular weight excluding hydrogens is 300 g/mol. The summed E-state index contributed by atoms with van der Waals surface area (Å²) in [6, 6.07) is 8.16. The van der Waals surface area contributed by atoms with Crippen molar-refractivity contribution >= 4 is 17.5 Å². The van der Waals surface area contributed by atoms with Crippen LogP contribution in [0, 0.1) is 11.8 Å². The second-order valence-electron chi connectivity index (χ2n) is 7.44. The molecule has 4 heteroatoms. The summed E-state index contributed by atoms with van der Waals surface area (Å²) in [5.41, 5.74) is 2.08. The van der Waals surface area contributed by atoms with Crippen molar-refractivity contribution in [3.05, 3.63) is 29.8 Å². The van der Waals surface area contributed by atoms with Crippen LogP contribution in [0.3, 0.4) is 0 Å². The third-order valence-electron chi connectivity index (χ3n) is 4.74. The third kappa shape index (κ3) is 4.83. The van der Waals surface area contributed by atoms with E-state index in [1.165, 1.54) is 0 Å². The lowest BCUT2D eigenvalue weighted by atomic mass is 9.81. The monoisotopic (exact) mass is 330 g/mol. The first kappa shape index (κ1) is 18.5. The van der Waals surface area contributed by atoms with Gasteiger partial charge in [-0.25, -0.2) is 0 Å². The maximum absolute atomic E-state index is 12.6. The van der Waals surface area contributed by atoms with Crippen LogP contribution in [0.2, 0.25) is 0 Å². The molecule has 1 aromatic carbocycles. The summed E-state index contributed by atoms with van der Waals surface area (Å²) in [6.45, 7) is 8.21. The summed E-state index contributed by atoms with van der Waals surface area (Å²) >= 11 is 0. The van der Waals surface area contributed by atoms with E-state index < -0.39 is 0 Å². The molecule has 0 spiro atoms. The molecule has 0 saturated heterocycles. The van der Waals surface area contributed by atoms with E-state index in [1.807, 2.05) is 32.0 Å². The number of anilines is 1. The van der Waals surface area contributed by atoms with Gasteiger partial charge in [-0.2, -0.15) is 0 Å². The molecule has 1 aliphatic carbocycles. The molecule has 0 bridgehead atoms. The van der Waals surface area contributed by atoms with Crippen LogP contribution in [0.1, 0.15) is 64.9 Å². The van der Waals surface area contributed by atoms with E-state index in [1.54, 1.807) is 0 Å². The van der Waals surface area contributed by atoms with E-state index in [9.17, 15) is 9.59 Å². The minimum Gasteiger partial charge on any atom is -0.354 e. The summed E-state index contributed by atoms with van der Waals surface area (Å²) in [4.78, 5) is 24.7. The largest absolute Gasteiger partial charge is 0.354 e. The number of amides is 2. The van der Waals surface area contributed by atoms with Gasteiger partial charge in [-0.1, -0.05) is 32.0 Å². The van der Waals surface area contributed by atoms with Gasteiger partial charge in [-0.15, -0.1) is 0 Å². The predicted molar refractivity (Wildman–Crippen MR) is 97.9 cm³/mol. The van der Waals surface area contributed by atoms with Gasteiger partial charge in [0, 0.05) is 23.6 Å². The lowest BCUT2D eigenvalue weighted by Crippen LogP contribution is -2.38. The highest BCUT2D eigenvalue weighted by atomic mass is 16.2. The minimum absolute atomic E-state index is 0.00770. The number of hydrogen-bond acceptors (Lipinski definition) is 2. The molecule has 0 atom stereocenters. The molecule has 1 aromatic rings. The highest BCUT2D eigenvalue weighted by molar-refractivity contribution is 5.93. The topological polar surface area (TPSA) is 58.2 Å². The highest BCUT2D eigenvalue weighted by Crippen LogP contribution is 2.31. The summed E-state index contributed by atoms with van der Waals surface area (Å²) < 4.78 is 0. The smallest absolute Gasteiger partial charge is 0.227 e. The summed E-state index contributed by atoms with van der Waals surface area (Å²) in [5.74, 6) is 0.657. The molecule has 2 rings (SSSR count). The Morgan fingerprint density at radius 1 is 0.917 bits per heavy atom. The van der Waals surface area contributed by atoms with Crippen molar-refractivity contribution < 1.29 is 9.59 Å². The Morgan fingerprint density at radius 3 is 2.00 bits per heavy atom. The second-order valence-corrected chi connectivity index (χ2v) is 7.44. The Labute approximate surface area is 145 Å². The second kappa shape index (κ2) is 8.32. The van der Waals surface area contributed by atoms with Crippen molar-refractivity contribution in [3.8, 4) is 0 Å². The Morgan fingerprint density at radius 2 is 1.46 bits per heavy atom. The van der Waals surface area contributed by atoms with Gasteiger partial charge in [0.05, 0.1) is 0 Å². The molecule has 4 nitrogen and oxygen atoms in total. The number of hydrogen-bond donors (Lipinski definition) is 2. The van der Waals surface area contributed by atoms with Crippen molar-refractivity contribution in [2.45, 2.75) is 65.3 Å².